The van der Waals surface area contributed by atoms with Crippen molar-refractivity contribution in [1.29, 1.82) is 0 Å². The summed E-state index contributed by atoms with van der Waals surface area (Å²) in [7, 11) is 1.56. The van der Waals surface area contributed by atoms with Gasteiger partial charge in [-0.05, 0) is 29.8 Å². The molecular formula is C15H15FN2O2. The second-order valence-electron chi connectivity index (χ2n) is 4.40. The minimum absolute atomic E-state index is 0.0896. The van der Waals surface area contributed by atoms with Crippen LogP contribution in [-0.4, -0.2) is 18.1 Å². The first-order valence-corrected chi connectivity index (χ1v) is 6.08. The van der Waals surface area contributed by atoms with Crippen molar-refractivity contribution in [2.24, 2.45) is 5.73 Å². The SMILES string of the molecule is CN(C(=O)c1ccc(O)cc1F)c1ccc(CN)cc1. The van der Waals surface area contributed by atoms with Gasteiger partial charge in [-0.3, -0.25) is 4.79 Å². The molecule has 0 aliphatic heterocycles. The smallest absolute Gasteiger partial charge is 0.260 e. The number of rotatable bonds is 3. The van der Waals surface area contributed by atoms with E-state index in [0.717, 1.165) is 11.6 Å². The summed E-state index contributed by atoms with van der Waals surface area (Å²) in [4.78, 5) is 13.6. The van der Waals surface area contributed by atoms with Crippen LogP contribution < -0.4 is 10.6 Å². The average molecular weight is 274 g/mol. The fourth-order valence-electron chi connectivity index (χ4n) is 1.83. The molecule has 2 rings (SSSR count). The highest BCUT2D eigenvalue weighted by atomic mass is 19.1. The second-order valence-corrected chi connectivity index (χ2v) is 4.40. The number of aromatic hydroxyl groups is 1. The van der Waals surface area contributed by atoms with Crippen LogP contribution in [0.1, 0.15) is 15.9 Å². The number of carbonyl (C=O) groups excluding carboxylic acids is 1. The Bertz CT molecular complexity index is 626. The number of nitrogens with zero attached hydrogens (tertiary/aromatic N) is 1. The Morgan fingerprint density at radius 2 is 1.90 bits per heavy atom. The van der Waals surface area contributed by atoms with Crippen LogP contribution in [0.5, 0.6) is 5.75 Å². The first-order valence-electron chi connectivity index (χ1n) is 6.08. The molecule has 0 radical (unpaired) electrons. The van der Waals surface area contributed by atoms with E-state index in [-0.39, 0.29) is 11.3 Å². The molecule has 0 saturated carbocycles. The number of hydrogen-bond acceptors (Lipinski definition) is 3. The molecule has 0 aromatic heterocycles. The molecule has 0 atom stereocenters. The minimum atomic E-state index is -0.750. The van der Waals surface area contributed by atoms with Crippen LogP contribution in [0.4, 0.5) is 10.1 Å². The Hall–Kier alpha value is -2.40. The Morgan fingerprint density at radius 3 is 2.45 bits per heavy atom. The van der Waals surface area contributed by atoms with Crippen LogP contribution in [0.15, 0.2) is 42.5 Å². The average Bonchev–Trinajstić information content (AvgIpc) is 2.46. The topological polar surface area (TPSA) is 66.6 Å². The Morgan fingerprint density at radius 1 is 1.25 bits per heavy atom. The summed E-state index contributed by atoms with van der Waals surface area (Å²) >= 11 is 0. The van der Waals surface area contributed by atoms with Crippen molar-refractivity contribution < 1.29 is 14.3 Å². The molecule has 2 aromatic carbocycles. The fourth-order valence-corrected chi connectivity index (χ4v) is 1.83. The molecule has 0 aliphatic carbocycles. The fraction of sp³-hybridized carbons (Fsp3) is 0.133. The third-order valence-electron chi connectivity index (χ3n) is 3.05. The van der Waals surface area contributed by atoms with Crippen LogP contribution in [0.2, 0.25) is 0 Å². The van der Waals surface area contributed by atoms with E-state index in [0.29, 0.717) is 12.2 Å². The van der Waals surface area contributed by atoms with Crippen molar-refractivity contribution in [1.82, 2.24) is 0 Å². The number of anilines is 1. The monoisotopic (exact) mass is 274 g/mol. The van der Waals surface area contributed by atoms with Gasteiger partial charge < -0.3 is 15.7 Å². The lowest BCUT2D eigenvalue weighted by atomic mass is 10.1. The van der Waals surface area contributed by atoms with Gasteiger partial charge in [0.2, 0.25) is 0 Å². The van der Waals surface area contributed by atoms with Gasteiger partial charge in [0, 0.05) is 25.3 Å². The van der Waals surface area contributed by atoms with E-state index in [1.54, 1.807) is 19.2 Å². The van der Waals surface area contributed by atoms with E-state index >= 15 is 0 Å². The van der Waals surface area contributed by atoms with Gasteiger partial charge in [-0.15, -0.1) is 0 Å². The highest BCUT2D eigenvalue weighted by Crippen LogP contribution is 2.20. The minimum Gasteiger partial charge on any atom is -0.508 e. The molecule has 2 aromatic rings. The van der Waals surface area contributed by atoms with Gasteiger partial charge in [-0.2, -0.15) is 0 Å². The number of nitrogens with two attached hydrogens (primary N) is 1. The standard InChI is InChI=1S/C15H15FN2O2/c1-18(11-4-2-10(9-17)3-5-11)15(20)13-7-6-12(19)8-14(13)16/h2-8,19H,9,17H2,1H3. The number of halogens is 1. The number of phenols is 1. The van der Waals surface area contributed by atoms with Gasteiger partial charge >= 0.3 is 0 Å². The van der Waals surface area contributed by atoms with Crippen molar-refractivity contribution in [3.8, 4) is 5.75 Å². The zero-order chi connectivity index (χ0) is 14.7. The zero-order valence-electron chi connectivity index (χ0n) is 11.0. The highest BCUT2D eigenvalue weighted by Gasteiger charge is 2.17. The van der Waals surface area contributed by atoms with E-state index in [2.05, 4.69) is 0 Å². The van der Waals surface area contributed by atoms with Crippen LogP contribution >= 0.6 is 0 Å². The molecule has 3 N–H and O–H groups in total. The summed E-state index contributed by atoms with van der Waals surface area (Å²) in [6.45, 7) is 0.421. The summed E-state index contributed by atoms with van der Waals surface area (Å²) in [6.07, 6.45) is 0. The predicted octanol–water partition coefficient (Wildman–Crippen LogP) is 2.27. The molecule has 0 unspecified atom stereocenters. The van der Waals surface area contributed by atoms with Gasteiger partial charge in [-0.25, -0.2) is 4.39 Å². The quantitative estimate of drug-likeness (QED) is 0.902. The number of phenolic OH excluding ortho intramolecular Hbond substituents is 1. The third-order valence-corrected chi connectivity index (χ3v) is 3.05. The largest absolute Gasteiger partial charge is 0.508 e. The molecule has 1 amide bonds. The molecule has 20 heavy (non-hydrogen) atoms. The van der Waals surface area contributed by atoms with E-state index in [1.165, 1.54) is 17.0 Å². The molecular weight excluding hydrogens is 259 g/mol. The maximum atomic E-state index is 13.7. The molecule has 4 nitrogen and oxygen atoms in total. The van der Waals surface area contributed by atoms with Gasteiger partial charge in [0.15, 0.2) is 0 Å². The second kappa shape index (κ2) is 5.71. The van der Waals surface area contributed by atoms with Gasteiger partial charge in [0.25, 0.3) is 5.91 Å². The van der Waals surface area contributed by atoms with Gasteiger partial charge in [0.05, 0.1) is 5.56 Å². The van der Waals surface area contributed by atoms with E-state index in [1.807, 2.05) is 12.1 Å². The first-order chi connectivity index (χ1) is 9.52. The molecule has 104 valence electrons. The van der Waals surface area contributed by atoms with Crippen molar-refractivity contribution in [2.45, 2.75) is 6.54 Å². The molecule has 0 aliphatic rings. The van der Waals surface area contributed by atoms with Gasteiger partial charge in [-0.1, -0.05) is 12.1 Å². The van der Waals surface area contributed by atoms with Gasteiger partial charge in [0.1, 0.15) is 11.6 Å². The van der Waals surface area contributed by atoms with Crippen LogP contribution in [0.25, 0.3) is 0 Å². The Balaban J connectivity index is 2.27. The molecule has 0 fully saturated rings. The maximum absolute atomic E-state index is 13.7. The predicted molar refractivity (Wildman–Crippen MR) is 75.1 cm³/mol. The summed E-state index contributed by atoms with van der Waals surface area (Å²) in [5, 5.41) is 9.16. The molecule has 0 saturated heterocycles. The number of benzene rings is 2. The van der Waals surface area contributed by atoms with E-state index in [4.69, 9.17) is 10.8 Å². The van der Waals surface area contributed by atoms with Crippen molar-refractivity contribution >= 4 is 11.6 Å². The lowest BCUT2D eigenvalue weighted by molar-refractivity contribution is 0.0989. The van der Waals surface area contributed by atoms with E-state index in [9.17, 15) is 9.18 Å². The highest BCUT2D eigenvalue weighted by molar-refractivity contribution is 6.05. The maximum Gasteiger partial charge on any atom is 0.260 e. The number of carbonyl (C=O) groups is 1. The lowest BCUT2D eigenvalue weighted by Gasteiger charge is -2.18. The zero-order valence-corrected chi connectivity index (χ0v) is 11.0. The van der Waals surface area contributed by atoms with Crippen LogP contribution in [0, 0.1) is 5.82 Å². The number of hydrogen-bond donors (Lipinski definition) is 2. The molecule has 0 bridgehead atoms. The summed E-state index contributed by atoms with van der Waals surface area (Å²) in [6, 6.07) is 10.6. The van der Waals surface area contributed by atoms with Crippen molar-refractivity contribution in [3.05, 3.63) is 59.4 Å². The summed E-state index contributed by atoms with van der Waals surface area (Å²) < 4.78 is 13.7. The third kappa shape index (κ3) is 2.78. The first kappa shape index (κ1) is 14.0. The summed E-state index contributed by atoms with van der Waals surface area (Å²) in [5.41, 5.74) is 7.01. The lowest BCUT2D eigenvalue weighted by Crippen LogP contribution is -2.27. The molecule has 0 heterocycles. The van der Waals surface area contributed by atoms with E-state index < -0.39 is 11.7 Å². The Labute approximate surface area is 116 Å². The van der Waals surface area contributed by atoms with Crippen molar-refractivity contribution in [2.75, 3.05) is 11.9 Å². The van der Waals surface area contributed by atoms with Crippen LogP contribution in [-0.2, 0) is 6.54 Å². The molecule has 5 heteroatoms. The van der Waals surface area contributed by atoms with Crippen molar-refractivity contribution in [3.63, 3.8) is 0 Å². The Kier molecular flexibility index (Phi) is 4.00. The normalized spacial score (nSPS) is 10.3. The summed E-state index contributed by atoms with van der Waals surface area (Å²) in [5.74, 6) is -1.45. The molecule has 0 spiro atoms. The number of amides is 1. The van der Waals surface area contributed by atoms with Crippen LogP contribution in [0.3, 0.4) is 0 Å².